The first-order chi connectivity index (χ1) is 6.27. The van der Waals surface area contributed by atoms with Crippen molar-refractivity contribution < 1.29 is 0 Å². The molecule has 2 atom stereocenters. The van der Waals surface area contributed by atoms with Crippen LogP contribution in [0.15, 0.2) is 10.9 Å². The maximum atomic E-state index is 10.9. The lowest BCUT2D eigenvalue weighted by Gasteiger charge is -2.27. The van der Waals surface area contributed by atoms with E-state index in [1.165, 1.54) is 12.8 Å². The first-order valence-electron chi connectivity index (χ1n) is 4.80. The molecule has 1 aliphatic carbocycles. The maximum absolute atomic E-state index is 10.9. The van der Waals surface area contributed by atoms with Crippen molar-refractivity contribution in [1.82, 2.24) is 10.2 Å². The van der Waals surface area contributed by atoms with Crippen molar-refractivity contribution in [3.63, 3.8) is 0 Å². The van der Waals surface area contributed by atoms with Crippen LogP contribution < -0.4 is 11.3 Å². The minimum Gasteiger partial charge on any atom is -0.327 e. The van der Waals surface area contributed by atoms with E-state index in [0.29, 0.717) is 5.92 Å². The Kier molecular flexibility index (Phi) is 2.22. The zero-order valence-corrected chi connectivity index (χ0v) is 7.55. The molecule has 4 heteroatoms. The lowest BCUT2D eigenvalue weighted by Crippen LogP contribution is -2.31. The van der Waals surface area contributed by atoms with E-state index >= 15 is 0 Å². The van der Waals surface area contributed by atoms with E-state index in [4.69, 9.17) is 5.73 Å². The first kappa shape index (κ1) is 8.56. The molecule has 1 aromatic heterocycles. The van der Waals surface area contributed by atoms with Crippen LogP contribution in [0, 0.1) is 0 Å². The van der Waals surface area contributed by atoms with Crippen molar-refractivity contribution in [2.45, 2.75) is 37.6 Å². The van der Waals surface area contributed by atoms with Gasteiger partial charge in [0.25, 0.3) is 5.56 Å². The zero-order valence-electron chi connectivity index (χ0n) is 7.55. The monoisotopic (exact) mass is 181 g/mol. The van der Waals surface area contributed by atoms with E-state index in [0.717, 1.165) is 18.5 Å². The highest BCUT2D eigenvalue weighted by Crippen LogP contribution is 2.29. The number of nitrogens with two attached hydrogens (primary N) is 1. The SMILES string of the molecule is NC1CCCCC1c1cc(=O)[nH][nH]1. The Hall–Kier alpha value is -1.03. The number of aromatic nitrogens is 2. The third-order valence-corrected chi connectivity index (χ3v) is 2.84. The average molecular weight is 181 g/mol. The summed E-state index contributed by atoms with van der Waals surface area (Å²) < 4.78 is 0. The van der Waals surface area contributed by atoms with Gasteiger partial charge in [0.1, 0.15) is 0 Å². The van der Waals surface area contributed by atoms with Gasteiger partial charge in [-0.05, 0) is 12.8 Å². The molecule has 1 aliphatic rings. The number of hydrogen-bond donors (Lipinski definition) is 3. The molecule has 0 bridgehead atoms. The Bertz CT molecular complexity index is 328. The summed E-state index contributed by atoms with van der Waals surface area (Å²) in [6.07, 6.45) is 4.59. The molecule has 0 saturated heterocycles. The molecule has 1 saturated carbocycles. The van der Waals surface area contributed by atoms with Crippen LogP contribution in [0.3, 0.4) is 0 Å². The summed E-state index contributed by atoms with van der Waals surface area (Å²) >= 11 is 0. The van der Waals surface area contributed by atoms with E-state index in [1.54, 1.807) is 6.07 Å². The van der Waals surface area contributed by atoms with Crippen LogP contribution in [0.2, 0.25) is 0 Å². The summed E-state index contributed by atoms with van der Waals surface area (Å²) in [5, 5.41) is 5.44. The third-order valence-electron chi connectivity index (χ3n) is 2.84. The van der Waals surface area contributed by atoms with E-state index in [-0.39, 0.29) is 11.6 Å². The summed E-state index contributed by atoms with van der Waals surface area (Å²) in [6.45, 7) is 0. The van der Waals surface area contributed by atoms with Gasteiger partial charge in [-0.2, -0.15) is 0 Å². The van der Waals surface area contributed by atoms with Crippen LogP contribution in [0.5, 0.6) is 0 Å². The van der Waals surface area contributed by atoms with Crippen LogP contribution in [0.25, 0.3) is 0 Å². The largest absolute Gasteiger partial charge is 0.327 e. The predicted octanol–water partition coefficient (Wildman–Crippen LogP) is 0.688. The quantitative estimate of drug-likeness (QED) is 0.596. The van der Waals surface area contributed by atoms with Crippen molar-refractivity contribution in [3.05, 3.63) is 22.1 Å². The number of rotatable bonds is 1. The van der Waals surface area contributed by atoms with E-state index in [2.05, 4.69) is 10.2 Å². The van der Waals surface area contributed by atoms with Gasteiger partial charge in [0.15, 0.2) is 0 Å². The van der Waals surface area contributed by atoms with Crippen molar-refractivity contribution in [3.8, 4) is 0 Å². The number of H-pyrrole nitrogens is 2. The molecule has 0 aliphatic heterocycles. The Morgan fingerprint density at radius 1 is 1.31 bits per heavy atom. The van der Waals surface area contributed by atoms with Gasteiger partial charge in [-0.15, -0.1) is 0 Å². The van der Waals surface area contributed by atoms with Crippen molar-refractivity contribution >= 4 is 0 Å². The van der Waals surface area contributed by atoms with Crippen LogP contribution in [-0.2, 0) is 0 Å². The second kappa shape index (κ2) is 3.38. The zero-order chi connectivity index (χ0) is 9.26. The topological polar surface area (TPSA) is 74.7 Å². The van der Waals surface area contributed by atoms with Crippen molar-refractivity contribution in [1.29, 1.82) is 0 Å². The second-order valence-electron chi connectivity index (χ2n) is 3.77. The highest BCUT2D eigenvalue weighted by atomic mass is 16.1. The summed E-state index contributed by atoms with van der Waals surface area (Å²) in [7, 11) is 0. The van der Waals surface area contributed by atoms with Gasteiger partial charge < -0.3 is 10.8 Å². The molecule has 2 unspecified atom stereocenters. The minimum atomic E-state index is -0.0622. The molecule has 0 spiro atoms. The van der Waals surface area contributed by atoms with Gasteiger partial charge in [-0.3, -0.25) is 9.89 Å². The first-order valence-corrected chi connectivity index (χ1v) is 4.80. The number of aromatic amines is 2. The van der Waals surface area contributed by atoms with Gasteiger partial charge in [0.2, 0.25) is 0 Å². The van der Waals surface area contributed by atoms with Crippen LogP contribution in [0.4, 0.5) is 0 Å². The van der Waals surface area contributed by atoms with Gasteiger partial charge in [-0.25, -0.2) is 0 Å². The van der Waals surface area contributed by atoms with Gasteiger partial charge in [-0.1, -0.05) is 12.8 Å². The molecule has 1 heterocycles. The van der Waals surface area contributed by atoms with Gasteiger partial charge in [0, 0.05) is 23.7 Å². The molecular weight excluding hydrogens is 166 g/mol. The molecule has 1 fully saturated rings. The van der Waals surface area contributed by atoms with Crippen LogP contribution in [0.1, 0.15) is 37.3 Å². The van der Waals surface area contributed by atoms with E-state index in [9.17, 15) is 4.79 Å². The summed E-state index contributed by atoms with van der Waals surface area (Å²) in [6, 6.07) is 1.83. The summed E-state index contributed by atoms with van der Waals surface area (Å²) in [5.74, 6) is 0.340. The Morgan fingerprint density at radius 2 is 2.08 bits per heavy atom. The summed E-state index contributed by atoms with van der Waals surface area (Å²) in [4.78, 5) is 10.9. The molecule has 1 aromatic rings. The number of hydrogen-bond acceptors (Lipinski definition) is 2. The van der Waals surface area contributed by atoms with Gasteiger partial charge >= 0.3 is 0 Å². The molecule has 4 nitrogen and oxygen atoms in total. The second-order valence-corrected chi connectivity index (χ2v) is 3.77. The molecule has 72 valence electrons. The molecular formula is C9H15N3O. The summed E-state index contributed by atoms with van der Waals surface area (Å²) in [5.41, 5.74) is 6.89. The molecule has 4 N–H and O–H groups in total. The van der Waals surface area contributed by atoms with E-state index < -0.39 is 0 Å². The lowest BCUT2D eigenvalue weighted by atomic mass is 9.83. The predicted molar refractivity (Wildman–Crippen MR) is 50.6 cm³/mol. The molecule has 0 aromatic carbocycles. The van der Waals surface area contributed by atoms with E-state index in [1.807, 2.05) is 0 Å². The lowest BCUT2D eigenvalue weighted by molar-refractivity contribution is 0.379. The molecule has 0 amide bonds. The minimum absolute atomic E-state index is 0.0622. The normalized spacial score (nSPS) is 29.0. The number of nitrogens with one attached hydrogen (secondary N) is 2. The smallest absolute Gasteiger partial charge is 0.264 e. The fraction of sp³-hybridized carbons (Fsp3) is 0.667. The molecule has 0 radical (unpaired) electrons. The Balaban J connectivity index is 2.19. The molecule has 2 rings (SSSR count). The van der Waals surface area contributed by atoms with Crippen LogP contribution in [-0.4, -0.2) is 16.2 Å². The highest BCUT2D eigenvalue weighted by molar-refractivity contribution is 5.10. The fourth-order valence-corrected chi connectivity index (χ4v) is 2.09. The van der Waals surface area contributed by atoms with Gasteiger partial charge in [0.05, 0.1) is 0 Å². The highest BCUT2D eigenvalue weighted by Gasteiger charge is 2.24. The van der Waals surface area contributed by atoms with Crippen molar-refractivity contribution in [2.24, 2.45) is 5.73 Å². The fourth-order valence-electron chi connectivity index (χ4n) is 2.09. The van der Waals surface area contributed by atoms with Crippen LogP contribution >= 0.6 is 0 Å². The Morgan fingerprint density at radius 3 is 2.69 bits per heavy atom. The average Bonchev–Trinajstić information content (AvgIpc) is 2.53. The Labute approximate surface area is 76.5 Å². The standard InChI is InChI=1S/C9H15N3O/c10-7-4-2-1-3-6(7)8-5-9(13)12-11-8/h5-7H,1-4,10H2,(H2,11,12,13). The third kappa shape index (κ3) is 1.67. The molecule has 13 heavy (non-hydrogen) atoms. The van der Waals surface area contributed by atoms with Crippen molar-refractivity contribution in [2.75, 3.05) is 0 Å². The maximum Gasteiger partial charge on any atom is 0.264 e.